The van der Waals surface area contributed by atoms with Crippen molar-refractivity contribution in [1.29, 1.82) is 0 Å². The van der Waals surface area contributed by atoms with Crippen LogP contribution >= 0.6 is 11.6 Å². The van der Waals surface area contributed by atoms with E-state index in [9.17, 15) is 4.39 Å². The smallest absolute Gasteiger partial charge is 0.124 e. The van der Waals surface area contributed by atoms with Crippen LogP contribution in [0.5, 0.6) is 0 Å². The summed E-state index contributed by atoms with van der Waals surface area (Å²) in [7, 11) is 0. The highest BCUT2D eigenvalue weighted by Gasteiger charge is 2.11. The molecule has 0 bridgehead atoms. The molecule has 0 aliphatic carbocycles. The Bertz CT molecular complexity index is 607. The lowest BCUT2D eigenvalue weighted by atomic mass is 10.2. The molecule has 1 fully saturated rings. The molecular weight excluding hydrogens is 287 g/mol. The first kappa shape index (κ1) is 14.2. The molecule has 3 rings (SSSR count). The molecule has 1 saturated heterocycles. The Kier molecular flexibility index (Phi) is 4.30. The molecule has 110 valence electrons. The van der Waals surface area contributed by atoms with Crippen molar-refractivity contribution in [2.75, 3.05) is 23.3 Å². The van der Waals surface area contributed by atoms with Gasteiger partial charge in [0.15, 0.2) is 0 Å². The summed E-state index contributed by atoms with van der Waals surface area (Å²) in [4.78, 5) is 2.41. The average Bonchev–Trinajstić information content (AvgIpc) is 3.01. The van der Waals surface area contributed by atoms with Crippen LogP contribution in [-0.4, -0.2) is 13.1 Å². The highest BCUT2D eigenvalue weighted by atomic mass is 35.5. The van der Waals surface area contributed by atoms with Crippen LogP contribution in [-0.2, 0) is 6.54 Å². The number of nitrogens with zero attached hydrogens (tertiary/aromatic N) is 1. The SMILES string of the molecule is Fc1ccc(NCc2ccc(N3CCCC3)cc2)c(Cl)c1. The second-order valence-electron chi connectivity index (χ2n) is 5.34. The fourth-order valence-electron chi connectivity index (χ4n) is 2.63. The van der Waals surface area contributed by atoms with Gasteiger partial charge in [-0.2, -0.15) is 0 Å². The van der Waals surface area contributed by atoms with Gasteiger partial charge < -0.3 is 10.2 Å². The summed E-state index contributed by atoms with van der Waals surface area (Å²) in [6.07, 6.45) is 2.57. The molecule has 0 amide bonds. The fourth-order valence-corrected chi connectivity index (χ4v) is 2.86. The number of nitrogens with one attached hydrogen (secondary N) is 1. The summed E-state index contributed by atoms with van der Waals surface area (Å²) >= 11 is 6.00. The van der Waals surface area contributed by atoms with Crippen molar-refractivity contribution < 1.29 is 4.39 Å². The van der Waals surface area contributed by atoms with Gasteiger partial charge in [-0.1, -0.05) is 23.7 Å². The Morgan fingerprint density at radius 2 is 1.76 bits per heavy atom. The maximum atomic E-state index is 13.0. The van der Waals surface area contributed by atoms with Crippen molar-refractivity contribution in [2.24, 2.45) is 0 Å². The minimum absolute atomic E-state index is 0.319. The van der Waals surface area contributed by atoms with Crippen LogP contribution in [0.3, 0.4) is 0 Å². The van der Waals surface area contributed by atoms with E-state index in [2.05, 4.69) is 34.5 Å². The number of halogens is 2. The lowest BCUT2D eigenvalue weighted by molar-refractivity contribution is 0.628. The zero-order chi connectivity index (χ0) is 14.7. The molecule has 2 aromatic carbocycles. The number of rotatable bonds is 4. The van der Waals surface area contributed by atoms with Crippen molar-refractivity contribution in [3.63, 3.8) is 0 Å². The third kappa shape index (κ3) is 3.48. The molecule has 4 heteroatoms. The number of benzene rings is 2. The molecule has 0 atom stereocenters. The van der Waals surface area contributed by atoms with Gasteiger partial charge in [0, 0.05) is 25.3 Å². The summed E-state index contributed by atoms with van der Waals surface area (Å²) in [5.74, 6) is -0.319. The largest absolute Gasteiger partial charge is 0.380 e. The minimum Gasteiger partial charge on any atom is -0.380 e. The van der Waals surface area contributed by atoms with Crippen LogP contribution in [0.2, 0.25) is 5.02 Å². The second-order valence-corrected chi connectivity index (χ2v) is 5.75. The Morgan fingerprint density at radius 3 is 2.43 bits per heavy atom. The van der Waals surface area contributed by atoms with Crippen molar-refractivity contribution in [3.05, 3.63) is 58.9 Å². The maximum absolute atomic E-state index is 13.0. The predicted molar refractivity (Wildman–Crippen MR) is 86.6 cm³/mol. The lowest BCUT2D eigenvalue weighted by Crippen LogP contribution is -2.17. The molecular formula is C17H18ClFN2. The molecule has 0 aromatic heterocycles. The van der Waals surface area contributed by atoms with Crippen LogP contribution in [0.15, 0.2) is 42.5 Å². The van der Waals surface area contributed by atoms with Gasteiger partial charge in [0.25, 0.3) is 0 Å². The first-order chi connectivity index (χ1) is 10.2. The van der Waals surface area contributed by atoms with Gasteiger partial charge >= 0.3 is 0 Å². The van der Waals surface area contributed by atoms with E-state index in [1.807, 2.05) is 0 Å². The van der Waals surface area contributed by atoms with Crippen LogP contribution < -0.4 is 10.2 Å². The van der Waals surface area contributed by atoms with Gasteiger partial charge in [-0.3, -0.25) is 0 Å². The third-order valence-corrected chi connectivity index (χ3v) is 4.13. The summed E-state index contributed by atoms with van der Waals surface area (Å²) in [6, 6.07) is 13.0. The molecule has 1 aliphatic rings. The Balaban J connectivity index is 1.62. The molecule has 0 radical (unpaired) electrons. The van der Waals surface area contributed by atoms with E-state index in [0.29, 0.717) is 11.6 Å². The van der Waals surface area contributed by atoms with Gasteiger partial charge in [-0.25, -0.2) is 4.39 Å². The summed E-state index contributed by atoms with van der Waals surface area (Å²) in [5.41, 5.74) is 3.22. The number of hydrogen-bond acceptors (Lipinski definition) is 2. The minimum atomic E-state index is -0.319. The van der Waals surface area contributed by atoms with Gasteiger partial charge in [-0.05, 0) is 48.7 Å². The monoisotopic (exact) mass is 304 g/mol. The molecule has 2 nitrogen and oxygen atoms in total. The first-order valence-electron chi connectivity index (χ1n) is 7.25. The van der Waals surface area contributed by atoms with Crippen LogP contribution in [0.25, 0.3) is 0 Å². The van der Waals surface area contributed by atoms with E-state index in [1.165, 1.54) is 36.2 Å². The molecule has 21 heavy (non-hydrogen) atoms. The molecule has 2 aromatic rings. The Morgan fingerprint density at radius 1 is 1.05 bits per heavy atom. The van der Waals surface area contributed by atoms with Crippen molar-refractivity contribution in [3.8, 4) is 0 Å². The van der Waals surface area contributed by atoms with Crippen LogP contribution in [0.4, 0.5) is 15.8 Å². The summed E-state index contributed by atoms with van der Waals surface area (Å²) < 4.78 is 13.0. The van der Waals surface area contributed by atoms with E-state index in [0.717, 1.165) is 18.8 Å². The molecule has 0 unspecified atom stereocenters. The van der Waals surface area contributed by atoms with Crippen LogP contribution in [0, 0.1) is 5.82 Å². The lowest BCUT2D eigenvalue weighted by Gasteiger charge is -2.18. The highest BCUT2D eigenvalue weighted by Crippen LogP contribution is 2.24. The summed E-state index contributed by atoms with van der Waals surface area (Å²) in [6.45, 7) is 2.98. The van der Waals surface area contributed by atoms with Crippen molar-refractivity contribution in [2.45, 2.75) is 19.4 Å². The molecule has 1 aliphatic heterocycles. The van der Waals surface area contributed by atoms with E-state index in [-0.39, 0.29) is 5.82 Å². The van der Waals surface area contributed by atoms with Gasteiger partial charge in [0.2, 0.25) is 0 Å². The van der Waals surface area contributed by atoms with Crippen molar-refractivity contribution >= 4 is 23.0 Å². The third-order valence-electron chi connectivity index (χ3n) is 3.82. The highest BCUT2D eigenvalue weighted by molar-refractivity contribution is 6.33. The van der Waals surface area contributed by atoms with Crippen LogP contribution in [0.1, 0.15) is 18.4 Å². The summed E-state index contributed by atoms with van der Waals surface area (Å²) in [5, 5.41) is 3.64. The van der Waals surface area contributed by atoms with Crippen molar-refractivity contribution in [1.82, 2.24) is 0 Å². The molecule has 0 saturated carbocycles. The Labute approximate surface area is 129 Å². The fraction of sp³-hybridized carbons (Fsp3) is 0.294. The van der Waals surface area contributed by atoms with Gasteiger partial charge in [-0.15, -0.1) is 0 Å². The topological polar surface area (TPSA) is 15.3 Å². The zero-order valence-corrected chi connectivity index (χ0v) is 12.5. The predicted octanol–water partition coefficient (Wildman–Crippen LogP) is 4.69. The van der Waals surface area contributed by atoms with E-state index in [4.69, 9.17) is 11.6 Å². The normalized spacial score (nSPS) is 14.5. The van der Waals surface area contributed by atoms with E-state index >= 15 is 0 Å². The average molecular weight is 305 g/mol. The number of anilines is 2. The zero-order valence-electron chi connectivity index (χ0n) is 11.8. The van der Waals surface area contributed by atoms with E-state index in [1.54, 1.807) is 6.07 Å². The standard InChI is InChI=1S/C17H18ClFN2/c18-16-11-14(19)5-8-17(16)20-12-13-3-6-15(7-4-13)21-9-1-2-10-21/h3-8,11,20H,1-2,9-10,12H2. The maximum Gasteiger partial charge on any atom is 0.124 e. The quantitative estimate of drug-likeness (QED) is 0.881. The van der Waals surface area contributed by atoms with E-state index < -0.39 is 0 Å². The number of hydrogen-bond donors (Lipinski definition) is 1. The van der Waals surface area contributed by atoms with Gasteiger partial charge in [0.05, 0.1) is 10.7 Å². The van der Waals surface area contributed by atoms with Gasteiger partial charge in [0.1, 0.15) is 5.82 Å². The first-order valence-corrected chi connectivity index (χ1v) is 7.63. The molecule has 1 N–H and O–H groups in total. The molecule has 1 heterocycles. The second kappa shape index (κ2) is 6.35. The Hall–Kier alpha value is -1.74. The molecule has 0 spiro atoms.